The molecule has 3 heterocycles. The Morgan fingerprint density at radius 2 is 2.02 bits per heavy atom. The molecule has 2 amide bonds. The summed E-state index contributed by atoms with van der Waals surface area (Å²) in [7, 11) is 0. The smallest absolute Gasteiger partial charge is 0.322 e. The summed E-state index contributed by atoms with van der Waals surface area (Å²) in [6, 6.07) is 3.32. The highest BCUT2D eigenvalue weighted by molar-refractivity contribution is 6.30. The van der Waals surface area contributed by atoms with E-state index in [0.29, 0.717) is 23.5 Å². The van der Waals surface area contributed by atoms with Gasteiger partial charge in [0.1, 0.15) is 29.3 Å². The Kier molecular flexibility index (Phi) is 6.23. The minimum absolute atomic E-state index is 0.0307. The molecule has 2 aromatic rings. The summed E-state index contributed by atoms with van der Waals surface area (Å²) in [6.07, 6.45) is 1.73. The van der Waals surface area contributed by atoms with Crippen LogP contribution in [-0.4, -0.2) is 62.5 Å². The molecular formula is C28H30ClFN4O6. The SMILES string of the molecule is C[C@H](N)C(=O)O[C@@H](C)CN1C(=O)c2c3c(c(O)c(=O)n2[C@@]12CC[C@H]1C[C@H]12)C(=O)N(Cc1ccc(F)c(Cl)c1)CC3. The van der Waals surface area contributed by atoms with E-state index < -0.39 is 52.7 Å². The van der Waals surface area contributed by atoms with Crippen LogP contribution in [0.2, 0.25) is 5.02 Å². The number of pyridine rings is 1. The first-order valence-electron chi connectivity index (χ1n) is 13.5. The standard InChI is InChI=1S/C28H30ClFN4O6/c1-13(40-27(39)14(2)31)11-33-25(37)22-17-6-8-32(12-15-3-4-20(30)19(29)9-15)24(36)21(17)23(35)26(38)34(22)28(33)7-5-16-10-18(16)28/h3-4,9,13-14,16,18,35H,5-8,10-12,31H2,1-2H3/t13-,14-,16-,18+,28+/m0/s1. The lowest BCUT2D eigenvalue weighted by molar-refractivity contribution is -0.151. The van der Waals surface area contributed by atoms with Crippen LogP contribution >= 0.6 is 11.6 Å². The number of benzene rings is 1. The van der Waals surface area contributed by atoms with Gasteiger partial charge < -0.3 is 25.4 Å². The zero-order valence-corrected chi connectivity index (χ0v) is 22.9. The van der Waals surface area contributed by atoms with Crippen molar-refractivity contribution in [2.75, 3.05) is 13.1 Å². The maximum atomic E-state index is 14.1. The second-order valence-corrected chi connectivity index (χ2v) is 11.8. The molecule has 212 valence electrons. The average molecular weight is 573 g/mol. The van der Waals surface area contributed by atoms with Crippen LogP contribution in [0.25, 0.3) is 0 Å². The third-order valence-electron chi connectivity index (χ3n) is 8.77. The molecule has 0 saturated heterocycles. The number of nitrogens with two attached hydrogens (primary N) is 1. The average Bonchev–Trinajstić information content (AvgIpc) is 3.55. The van der Waals surface area contributed by atoms with E-state index in [2.05, 4.69) is 0 Å². The molecular weight excluding hydrogens is 543 g/mol. The van der Waals surface area contributed by atoms with E-state index >= 15 is 0 Å². The molecule has 10 nitrogen and oxygen atoms in total. The number of hydrogen-bond donors (Lipinski definition) is 2. The summed E-state index contributed by atoms with van der Waals surface area (Å²) < 4.78 is 20.5. The molecule has 1 aromatic heterocycles. The van der Waals surface area contributed by atoms with Crippen molar-refractivity contribution in [2.24, 2.45) is 17.6 Å². The maximum absolute atomic E-state index is 14.1. The number of rotatable bonds is 6. The van der Waals surface area contributed by atoms with Gasteiger partial charge in [0.15, 0.2) is 5.75 Å². The van der Waals surface area contributed by atoms with Crippen LogP contribution in [0.15, 0.2) is 23.0 Å². The van der Waals surface area contributed by atoms with E-state index in [1.807, 2.05) is 0 Å². The number of esters is 1. The fraction of sp³-hybridized carbons (Fsp3) is 0.500. The number of halogens is 2. The molecule has 6 rings (SSSR count). The highest BCUT2D eigenvalue weighted by Crippen LogP contribution is 2.64. The molecule has 0 bridgehead atoms. The lowest BCUT2D eigenvalue weighted by Crippen LogP contribution is -2.53. The van der Waals surface area contributed by atoms with Crippen molar-refractivity contribution < 1.29 is 28.6 Å². The van der Waals surface area contributed by atoms with Crippen molar-refractivity contribution >= 4 is 29.4 Å². The Labute approximate surface area is 234 Å². The Bertz CT molecular complexity index is 1530. The monoisotopic (exact) mass is 572 g/mol. The van der Waals surface area contributed by atoms with Crippen LogP contribution in [0.3, 0.4) is 0 Å². The van der Waals surface area contributed by atoms with E-state index in [-0.39, 0.29) is 48.3 Å². The summed E-state index contributed by atoms with van der Waals surface area (Å²) in [5.41, 5.74) is 4.75. The predicted molar refractivity (Wildman–Crippen MR) is 141 cm³/mol. The molecule has 40 heavy (non-hydrogen) atoms. The molecule has 5 atom stereocenters. The van der Waals surface area contributed by atoms with Gasteiger partial charge in [-0.1, -0.05) is 17.7 Å². The molecule has 0 radical (unpaired) electrons. The van der Waals surface area contributed by atoms with Gasteiger partial charge in [-0.25, -0.2) is 4.39 Å². The van der Waals surface area contributed by atoms with Crippen LogP contribution in [0.4, 0.5) is 4.39 Å². The largest absolute Gasteiger partial charge is 0.502 e. The highest BCUT2D eigenvalue weighted by Gasteiger charge is 2.67. The molecule has 1 aromatic carbocycles. The van der Waals surface area contributed by atoms with Gasteiger partial charge in [0, 0.05) is 24.6 Å². The summed E-state index contributed by atoms with van der Waals surface area (Å²) in [5.74, 6) is -2.48. The molecule has 1 spiro atoms. The van der Waals surface area contributed by atoms with Crippen LogP contribution < -0.4 is 11.3 Å². The number of carbonyl (C=O) groups is 3. The molecule has 3 N–H and O–H groups in total. The fourth-order valence-electron chi connectivity index (χ4n) is 6.89. The van der Waals surface area contributed by atoms with Crippen LogP contribution in [0.1, 0.15) is 65.1 Å². The summed E-state index contributed by atoms with van der Waals surface area (Å²) >= 11 is 5.90. The third kappa shape index (κ3) is 3.85. The van der Waals surface area contributed by atoms with Crippen LogP contribution in [0, 0.1) is 17.7 Å². The third-order valence-corrected chi connectivity index (χ3v) is 9.06. The minimum atomic E-state index is -0.985. The lowest BCUT2D eigenvalue weighted by atomic mass is 9.95. The Morgan fingerprint density at radius 3 is 2.65 bits per heavy atom. The van der Waals surface area contributed by atoms with Crippen molar-refractivity contribution in [3.63, 3.8) is 0 Å². The molecule has 2 aliphatic carbocycles. The van der Waals surface area contributed by atoms with Gasteiger partial charge in [-0.05, 0) is 63.1 Å². The molecule has 0 unspecified atom stereocenters. The quantitative estimate of drug-likeness (QED) is 0.507. The van der Waals surface area contributed by atoms with Gasteiger partial charge >= 0.3 is 5.97 Å². The first-order valence-corrected chi connectivity index (χ1v) is 13.9. The molecule has 4 aliphatic rings. The normalized spacial score (nSPS) is 26.0. The Morgan fingerprint density at radius 1 is 1.27 bits per heavy atom. The lowest BCUT2D eigenvalue weighted by Gasteiger charge is -2.39. The number of nitrogens with zero attached hydrogens (tertiary/aromatic N) is 3. The number of ether oxygens (including phenoxy) is 1. The topological polar surface area (TPSA) is 135 Å². The second-order valence-electron chi connectivity index (χ2n) is 11.4. The van der Waals surface area contributed by atoms with E-state index in [1.54, 1.807) is 11.8 Å². The van der Waals surface area contributed by atoms with Gasteiger partial charge in [-0.3, -0.25) is 23.7 Å². The Balaban J connectivity index is 1.39. The van der Waals surface area contributed by atoms with Gasteiger partial charge in [0.2, 0.25) is 0 Å². The van der Waals surface area contributed by atoms with Crippen molar-refractivity contribution in [2.45, 2.75) is 63.9 Å². The zero-order valence-electron chi connectivity index (χ0n) is 22.2. The van der Waals surface area contributed by atoms with Gasteiger partial charge in [-0.2, -0.15) is 0 Å². The van der Waals surface area contributed by atoms with Crippen molar-refractivity contribution in [1.82, 2.24) is 14.4 Å². The molecule has 2 saturated carbocycles. The summed E-state index contributed by atoms with van der Waals surface area (Å²) in [5, 5.41) is 11.1. The van der Waals surface area contributed by atoms with Gasteiger partial charge in [0.05, 0.1) is 17.1 Å². The number of fused-ring (bicyclic) bond motifs is 6. The summed E-state index contributed by atoms with van der Waals surface area (Å²) in [4.78, 5) is 56.7. The number of hydrogen-bond acceptors (Lipinski definition) is 7. The molecule has 12 heteroatoms. The predicted octanol–water partition coefficient (Wildman–Crippen LogP) is 2.36. The number of aromatic nitrogens is 1. The van der Waals surface area contributed by atoms with Crippen molar-refractivity contribution in [3.05, 3.63) is 61.8 Å². The van der Waals surface area contributed by atoms with Gasteiger partial charge in [-0.15, -0.1) is 0 Å². The Hall–Kier alpha value is -3.44. The maximum Gasteiger partial charge on any atom is 0.322 e. The summed E-state index contributed by atoms with van der Waals surface area (Å²) in [6.45, 7) is 3.54. The van der Waals surface area contributed by atoms with E-state index in [9.17, 15) is 28.7 Å². The zero-order chi connectivity index (χ0) is 28.7. The van der Waals surface area contributed by atoms with Crippen molar-refractivity contribution in [3.8, 4) is 5.75 Å². The number of carbonyl (C=O) groups excluding carboxylic acids is 3. The number of aromatic hydroxyl groups is 1. The molecule has 2 aliphatic heterocycles. The van der Waals surface area contributed by atoms with Gasteiger partial charge in [0.25, 0.3) is 17.4 Å². The van der Waals surface area contributed by atoms with Crippen LogP contribution in [-0.2, 0) is 28.2 Å². The number of amides is 2. The van der Waals surface area contributed by atoms with E-state index in [1.165, 1.54) is 34.6 Å². The highest BCUT2D eigenvalue weighted by atomic mass is 35.5. The first kappa shape index (κ1) is 26.8. The van der Waals surface area contributed by atoms with Crippen LogP contribution in [0.5, 0.6) is 5.75 Å². The van der Waals surface area contributed by atoms with E-state index in [4.69, 9.17) is 22.1 Å². The molecule has 2 fully saturated rings. The second kappa shape index (κ2) is 9.31. The van der Waals surface area contributed by atoms with E-state index in [0.717, 1.165) is 12.8 Å². The first-order chi connectivity index (χ1) is 19.0. The fourth-order valence-corrected chi connectivity index (χ4v) is 7.09. The van der Waals surface area contributed by atoms with Crippen molar-refractivity contribution in [1.29, 1.82) is 0 Å². The minimum Gasteiger partial charge on any atom is -0.502 e.